The highest BCUT2D eigenvalue weighted by molar-refractivity contribution is 5.40. The van der Waals surface area contributed by atoms with Crippen LogP contribution < -0.4 is 4.74 Å². The molecule has 0 aliphatic heterocycles. The first kappa shape index (κ1) is 11.9. The third kappa shape index (κ3) is 3.80. The molecule has 0 saturated heterocycles. The number of rotatable bonds is 4. The summed E-state index contributed by atoms with van der Waals surface area (Å²) in [7, 11) is 1.57. The molecule has 0 spiro atoms. The van der Waals surface area contributed by atoms with Gasteiger partial charge in [-0.2, -0.15) is 0 Å². The van der Waals surface area contributed by atoms with Gasteiger partial charge in [-0.15, -0.1) is 0 Å². The van der Waals surface area contributed by atoms with Crippen LogP contribution in [0.4, 0.5) is 0 Å². The summed E-state index contributed by atoms with van der Waals surface area (Å²) in [4.78, 5) is 0. The van der Waals surface area contributed by atoms with Crippen molar-refractivity contribution >= 4 is 0 Å². The summed E-state index contributed by atoms with van der Waals surface area (Å²) in [5, 5.41) is 18.9. The van der Waals surface area contributed by atoms with Crippen molar-refractivity contribution in [2.45, 2.75) is 32.3 Å². The lowest BCUT2D eigenvalue weighted by Gasteiger charge is -2.17. The molecule has 2 N–H and O–H groups in total. The fourth-order valence-electron chi connectivity index (χ4n) is 1.38. The highest BCUT2D eigenvalue weighted by Crippen LogP contribution is 2.26. The third-order valence-corrected chi connectivity index (χ3v) is 2.28. The van der Waals surface area contributed by atoms with Crippen LogP contribution in [-0.4, -0.2) is 22.9 Å². The van der Waals surface area contributed by atoms with Gasteiger partial charge in [-0.1, -0.05) is 6.07 Å². The molecule has 0 unspecified atom stereocenters. The molecule has 1 aromatic carbocycles. The second-order valence-electron chi connectivity index (χ2n) is 4.31. The van der Waals surface area contributed by atoms with Crippen LogP contribution in [0, 0.1) is 0 Å². The Morgan fingerprint density at radius 3 is 2.53 bits per heavy atom. The molecule has 0 radical (unpaired) electrons. The average molecular weight is 210 g/mol. The number of phenolic OH excluding ortho intramolecular Hbond substituents is 1. The zero-order chi connectivity index (χ0) is 11.5. The maximum absolute atomic E-state index is 9.61. The minimum Gasteiger partial charge on any atom is -0.508 e. The highest BCUT2D eigenvalue weighted by Gasteiger charge is 2.14. The van der Waals surface area contributed by atoms with E-state index in [1.165, 1.54) is 0 Å². The molecule has 0 aromatic heterocycles. The van der Waals surface area contributed by atoms with E-state index in [0.717, 1.165) is 12.0 Å². The molecule has 0 atom stereocenters. The number of hydrogen-bond acceptors (Lipinski definition) is 3. The minimum absolute atomic E-state index is 0.193. The van der Waals surface area contributed by atoms with Crippen molar-refractivity contribution in [2.75, 3.05) is 7.11 Å². The van der Waals surface area contributed by atoms with Crippen LogP contribution in [0.15, 0.2) is 18.2 Å². The lowest BCUT2D eigenvalue weighted by molar-refractivity contribution is 0.0712. The maximum Gasteiger partial charge on any atom is 0.125 e. The lowest BCUT2D eigenvalue weighted by atomic mass is 9.98. The standard InChI is InChI=1S/C12H18O3/c1-12(2,14)7-6-9-4-5-10(13)8-11(9)15-3/h4-5,8,13-14H,6-7H2,1-3H3. The topological polar surface area (TPSA) is 49.7 Å². The van der Waals surface area contributed by atoms with Gasteiger partial charge in [0, 0.05) is 6.07 Å². The zero-order valence-electron chi connectivity index (χ0n) is 9.45. The number of benzene rings is 1. The first-order chi connectivity index (χ1) is 6.92. The Balaban J connectivity index is 2.76. The van der Waals surface area contributed by atoms with Gasteiger partial charge in [0.05, 0.1) is 12.7 Å². The van der Waals surface area contributed by atoms with Crippen molar-refractivity contribution in [3.63, 3.8) is 0 Å². The molecule has 15 heavy (non-hydrogen) atoms. The predicted molar refractivity (Wildman–Crippen MR) is 59.3 cm³/mol. The van der Waals surface area contributed by atoms with Crippen LogP contribution in [0.2, 0.25) is 0 Å². The summed E-state index contributed by atoms with van der Waals surface area (Å²) in [5.74, 6) is 0.859. The maximum atomic E-state index is 9.61. The quantitative estimate of drug-likeness (QED) is 0.800. The van der Waals surface area contributed by atoms with Crippen molar-refractivity contribution < 1.29 is 14.9 Å². The number of hydrogen-bond donors (Lipinski definition) is 2. The molecule has 0 amide bonds. The predicted octanol–water partition coefficient (Wildman–Crippen LogP) is 2.10. The van der Waals surface area contributed by atoms with Gasteiger partial charge >= 0.3 is 0 Å². The lowest BCUT2D eigenvalue weighted by Crippen LogP contribution is -2.19. The van der Waals surface area contributed by atoms with Crippen LogP contribution in [0.3, 0.4) is 0 Å². The fourth-order valence-corrected chi connectivity index (χ4v) is 1.38. The van der Waals surface area contributed by atoms with Crippen LogP contribution in [0.5, 0.6) is 11.5 Å². The minimum atomic E-state index is -0.678. The Labute approximate surface area is 90.3 Å². The van der Waals surface area contributed by atoms with Crippen molar-refractivity contribution in [1.29, 1.82) is 0 Å². The number of methoxy groups -OCH3 is 1. The van der Waals surface area contributed by atoms with Gasteiger partial charge in [0.25, 0.3) is 0 Å². The van der Waals surface area contributed by atoms with E-state index in [0.29, 0.717) is 12.2 Å². The van der Waals surface area contributed by atoms with Gasteiger partial charge in [0.1, 0.15) is 11.5 Å². The van der Waals surface area contributed by atoms with Crippen molar-refractivity contribution in [1.82, 2.24) is 0 Å². The Morgan fingerprint density at radius 2 is 2.00 bits per heavy atom. The monoisotopic (exact) mass is 210 g/mol. The first-order valence-corrected chi connectivity index (χ1v) is 5.00. The average Bonchev–Trinajstić information content (AvgIpc) is 2.14. The molecular weight excluding hydrogens is 192 g/mol. The summed E-state index contributed by atoms with van der Waals surface area (Å²) in [6, 6.07) is 5.03. The van der Waals surface area contributed by atoms with Crippen LogP contribution in [-0.2, 0) is 6.42 Å². The largest absolute Gasteiger partial charge is 0.508 e. The molecule has 3 heteroatoms. The Kier molecular flexibility index (Phi) is 3.58. The Morgan fingerprint density at radius 1 is 1.33 bits per heavy atom. The number of aryl methyl sites for hydroxylation is 1. The Bertz CT molecular complexity index is 326. The Hall–Kier alpha value is -1.22. The molecule has 1 rings (SSSR count). The molecular formula is C12H18O3. The molecule has 1 aromatic rings. The van der Waals surface area contributed by atoms with Crippen LogP contribution >= 0.6 is 0 Å². The van der Waals surface area contributed by atoms with Crippen molar-refractivity contribution in [3.05, 3.63) is 23.8 Å². The molecule has 0 saturated carbocycles. The second-order valence-corrected chi connectivity index (χ2v) is 4.31. The van der Waals surface area contributed by atoms with Crippen LogP contribution in [0.1, 0.15) is 25.8 Å². The highest BCUT2D eigenvalue weighted by atomic mass is 16.5. The van der Waals surface area contributed by atoms with Gasteiger partial charge in [-0.25, -0.2) is 0 Å². The van der Waals surface area contributed by atoms with E-state index in [4.69, 9.17) is 4.74 Å². The molecule has 0 aliphatic rings. The molecule has 0 fully saturated rings. The molecule has 0 bridgehead atoms. The summed E-state index contributed by atoms with van der Waals surface area (Å²) in [6.45, 7) is 3.56. The van der Waals surface area contributed by atoms with E-state index in [9.17, 15) is 10.2 Å². The molecule has 0 aliphatic carbocycles. The summed E-state index contributed by atoms with van der Waals surface area (Å²) in [5.41, 5.74) is 0.320. The van der Waals surface area contributed by atoms with E-state index in [-0.39, 0.29) is 5.75 Å². The zero-order valence-corrected chi connectivity index (χ0v) is 9.45. The molecule has 84 valence electrons. The van der Waals surface area contributed by atoms with Gasteiger partial charge in [0.2, 0.25) is 0 Å². The number of phenols is 1. The second kappa shape index (κ2) is 4.53. The van der Waals surface area contributed by atoms with Crippen LogP contribution in [0.25, 0.3) is 0 Å². The normalized spacial score (nSPS) is 11.5. The number of aliphatic hydroxyl groups is 1. The first-order valence-electron chi connectivity index (χ1n) is 5.00. The number of ether oxygens (including phenoxy) is 1. The summed E-state index contributed by atoms with van der Waals surface area (Å²) in [6.07, 6.45) is 1.39. The van der Waals surface area contributed by atoms with E-state index < -0.39 is 5.60 Å². The van der Waals surface area contributed by atoms with Crippen molar-refractivity contribution in [3.8, 4) is 11.5 Å². The number of aromatic hydroxyl groups is 1. The molecule has 3 nitrogen and oxygen atoms in total. The van der Waals surface area contributed by atoms with E-state index in [1.54, 1.807) is 33.1 Å². The SMILES string of the molecule is COc1cc(O)ccc1CCC(C)(C)O. The summed E-state index contributed by atoms with van der Waals surface area (Å²) >= 11 is 0. The van der Waals surface area contributed by atoms with Gasteiger partial charge in [-0.3, -0.25) is 0 Å². The van der Waals surface area contributed by atoms with Gasteiger partial charge in [-0.05, 0) is 38.3 Å². The molecule has 0 heterocycles. The van der Waals surface area contributed by atoms with E-state index >= 15 is 0 Å². The van der Waals surface area contributed by atoms with E-state index in [1.807, 2.05) is 6.07 Å². The smallest absolute Gasteiger partial charge is 0.125 e. The van der Waals surface area contributed by atoms with Crippen molar-refractivity contribution in [2.24, 2.45) is 0 Å². The fraction of sp³-hybridized carbons (Fsp3) is 0.500. The van der Waals surface area contributed by atoms with Gasteiger partial charge in [0.15, 0.2) is 0 Å². The van der Waals surface area contributed by atoms with E-state index in [2.05, 4.69) is 0 Å². The van der Waals surface area contributed by atoms with Gasteiger partial charge < -0.3 is 14.9 Å². The summed E-state index contributed by atoms with van der Waals surface area (Å²) < 4.78 is 5.15. The third-order valence-electron chi connectivity index (χ3n) is 2.28.